The number of aliphatic hydroxyl groups is 5. The lowest BCUT2D eigenvalue weighted by Gasteiger charge is -2.59. The Balaban J connectivity index is 1.27. The molecule has 4 unspecified atom stereocenters. The second-order valence-electron chi connectivity index (χ2n) is 16.8. The minimum absolute atomic E-state index is 0.000452. The van der Waals surface area contributed by atoms with Gasteiger partial charge in [0.1, 0.15) is 24.4 Å². The maximum atomic E-state index is 12.2. The zero-order valence-electron chi connectivity index (χ0n) is 29.0. The van der Waals surface area contributed by atoms with E-state index in [0.29, 0.717) is 25.7 Å². The minimum atomic E-state index is -4.87. The molecule has 18 atom stereocenters. The molecule has 49 heavy (non-hydrogen) atoms. The quantitative estimate of drug-likeness (QED) is 0.107. The molecule has 0 amide bonds. The van der Waals surface area contributed by atoms with Gasteiger partial charge in [-0.25, -0.2) is 8.98 Å². The average molecular weight is 719 g/mol. The van der Waals surface area contributed by atoms with E-state index in [1.165, 1.54) is 0 Å². The summed E-state index contributed by atoms with van der Waals surface area (Å²) in [7, 11) is -4.87. The Hall–Kier alpha value is -1.24. The van der Waals surface area contributed by atoms with Gasteiger partial charge in [-0.1, -0.05) is 46.3 Å². The molecule has 6 aliphatic rings. The van der Waals surface area contributed by atoms with E-state index in [-0.39, 0.29) is 48.5 Å². The fourth-order valence-corrected chi connectivity index (χ4v) is 11.5. The average Bonchev–Trinajstić information content (AvgIpc) is 3.46. The van der Waals surface area contributed by atoms with Crippen LogP contribution in [0.2, 0.25) is 0 Å². The van der Waals surface area contributed by atoms with E-state index in [1.807, 2.05) is 20.8 Å². The first-order valence-electron chi connectivity index (χ1n) is 17.6. The van der Waals surface area contributed by atoms with E-state index in [4.69, 9.17) is 18.4 Å². The summed E-state index contributed by atoms with van der Waals surface area (Å²) in [6.07, 6.45) is -7.38. The molecule has 0 aromatic rings. The SMILES string of the molecule is CC(C)[C@@H](C)[C@H](O)[C@@H]1O[C@H]2CC3C4C[C@H](OS(=O)(=O)O)C5CC(O[C@@H]6O[C@H](C(=O)O)[C@@H](O)[C@H](O)[C@H]6O)CC[C@]5(C)C4=CC[C@]3(C)[C@H]2[C@@]1(C)O. The largest absolute Gasteiger partial charge is 0.479 e. The topological polar surface area (TPSA) is 230 Å². The van der Waals surface area contributed by atoms with Gasteiger partial charge in [0.2, 0.25) is 0 Å². The monoisotopic (exact) mass is 718 g/mol. The number of hydrogen-bond donors (Lipinski definition) is 7. The first-order chi connectivity index (χ1) is 22.6. The van der Waals surface area contributed by atoms with E-state index < -0.39 is 93.8 Å². The van der Waals surface area contributed by atoms with Crippen LogP contribution in [0.25, 0.3) is 0 Å². The molecule has 2 heterocycles. The predicted molar refractivity (Wildman–Crippen MR) is 171 cm³/mol. The Bertz CT molecular complexity index is 1420. The van der Waals surface area contributed by atoms with Gasteiger partial charge in [-0.05, 0) is 85.9 Å². The lowest BCUT2D eigenvalue weighted by atomic mass is 9.47. The molecule has 0 bridgehead atoms. The first kappa shape index (κ1) is 37.5. The zero-order chi connectivity index (χ0) is 36.2. The highest BCUT2D eigenvalue weighted by Crippen LogP contribution is 2.69. The Kier molecular flexibility index (Phi) is 9.73. The summed E-state index contributed by atoms with van der Waals surface area (Å²) in [5.74, 6) is -2.31. The lowest BCUT2D eigenvalue weighted by Crippen LogP contribution is -2.61. The smallest absolute Gasteiger partial charge is 0.397 e. The molecule has 0 aromatic heterocycles. The third-order valence-corrected chi connectivity index (χ3v) is 14.3. The summed E-state index contributed by atoms with van der Waals surface area (Å²) >= 11 is 0. The molecule has 2 saturated heterocycles. The van der Waals surface area contributed by atoms with Crippen molar-refractivity contribution in [2.45, 2.75) is 147 Å². The third kappa shape index (κ3) is 6.12. The fraction of sp³-hybridized carbons (Fsp3) is 0.912. The molecule has 14 nitrogen and oxygen atoms in total. The van der Waals surface area contributed by atoms with Crippen LogP contribution in [-0.4, -0.2) is 116 Å². The van der Waals surface area contributed by atoms with Crippen molar-refractivity contribution in [3.05, 3.63) is 11.6 Å². The molecular weight excluding hydrogens is 664 g/mol. The van der Waals surface area contributed by atoms with Crippen molar-refractivity contribution in [2.24, 2.45) is 46.3 Å². The normalized spacial score (nSPS) is 50.9. The summed E-state index contributed by atoms with van der Waals surface area (Å²) in [5, 5.41) is 63.7. The molecule has 6 rings (SSSR count). The second kappa shape index (κ2) is 12.7. The number of carboxylic acid groups (broad SMARTS) is 1. The number of aliphatic hydroxyl groups excluding tert-OH is 4. The lowest BCUT2D eigenvalue weighted by molar-refractivity contribution is -0.309. The number of hydrogen-bond acceptors (Lipinski definition) is 12. The highest BCUT2D eigenvalue weighted by atomic mass is 32.3. The molecule has 5 fully saturated rings. The summed E-state index contributed by atoms with van der Waals surface area (Å²) in [6, 6.07) is 0. The maximum absolute atomic E-state index is 12.2. The van der Waals surface area contributed by atoms with Gasteiger partial charge in [0.05, 0.1) is 30.0 Å². The first-order valence-corrected chi connectivity index (χ1v) is 19.0. The molecule has 2 aliphatic heterocycles. The molecule has 4 aliphatic carbocycles. The molecule has 7 N–H and O–H groups in total. The molecule has 3 saturated carbocycles. The van der Waals surface area contributed by atoms with Crippen LogP contribution in [-0.2, 0) is 33.6 Å². The highest BCUT2D eigenvalue weighted by molar-refractivity contribution is 7.80. The van der Waals surface area contributed by atoms with Crippen LogP contribution in [0.4, 0.5) is 0 Å². The van der Waals surface area contributed by atoms with Gasteiger partial charge in [-0.2, -0.15) is 8.42 Å². The standard InChI is InChI=1S/C34H54O14S/c1-14(2)15(3)23(35)29-34(6,41)28-22(46-29)13-19-17-12-21(48-49(42,43)44)20-11-16(7-9-32(20,4)18(17)8-10-33(19,28)5)45-31-26(38)24(36)25(37)27(47-31)30(39)40/h8,14-17,19-29,31,35-38,41H,7,9-13H2,1-6H3,(H,39,40)(H,42,43,44)/t15-,16?,17?,19?,20?,21+,22+,23+,24+,25+,26-,27+,28+,29+,31-,32-,33+,34-/m1/s1. The molecule has 0 aromatic carbocycles. The summed E-state index contributed by atoms with van der Waals surface area (Å²) < 4.78 is 57.7. The van der Waals surface area contributed by atoms with E-state index in [2.05, 4.69) is 19.9 Å². The van der Waals surface area contributed by atoms with Gasteiger partial charge in [-0.3, -0.25) is 4.55 Å². The van der Waals surface area contributed by atoms with Crippen molar-refractivity contribution in [3.63, 3.8) is 0 Å². The van der Waals surface area contributed by atoms with E-state index >= 15 is 0 Å². The van der Waals surface area contributed by atoms with Crippen molar-refractivity contribution in [1.82, 2.24) is 0 Å². The number of carboxylic acids is 1. The Morgan fingerprint density at radius 2 is 1.67 bits per heavy atom. The molecule has 0 radical (unpaired) electrons. The zero-order valence-corrected chi connectivity index (χ0v) is 29.8. The molecule has 280 valence electrons. The molecule has 15 heteroatoms. The highest BCUT2D eigenvalue weighted by Gasteiger charge is 2.70. The number of ether oxygens (including phenoxy) is 3. The van der Waals surface area contributed by atoms with Crippen molar-refractivity contribution >= 4 is 16.4 Å². The van der Waals surface area contributed by atoms with Crippen molar-refractivity contribution in [2.75, 3.05) is 0 Å². The van der Waals surface area contributed by atoms with Crippen LogP contribution in [0.15, 0.2) is 11.6 Å². The van der Waals surface area contributed by atoms with Gasteiger partial charge in [0.15, 0.2) is 12.4 Å². The number of aliphatic carboxylic acids is 1. The summed E-state index contributed by atoms with van der Waals surface area (Å²) in [6.45, 7) is 12.0. The Labute approximate surface area is 287 Å². The van der Waals surface area contributed by atoms with Gasteiger partial charge < -0.3 is 44.8 Å². The van der Waals surface area contributed by atoms with Crippen molar-refractivity contribution in [3.8, 4) is 0 Å². The second-order valence-corrected chi connectivity index (χ2v) is 17.8. The summed E-state index contributed by atoms with van der Waals surface area (Å²) in [5.41, 5.74) is -1.14. The number of rotatable bonds is 8. The van der Waals surface area contributed by atoms with Crippen LogP contribution in [0, 0.1) is 46.3 Å². The van der Waals surface area contributed by atoms with Gasteiger partial charge in [0.25, 0.3) is 0 Å². The van der Waals surface area contributed by atoms with Gasteiger partial charge in [0, 0.05) is 5.92 Å². The Morgan fingerprint density at radius 3 is 2.29 bits per heavy atom. The fourth-order valence-electron chi connectivity index (χ4n) is 11.0. The van der Waals surface area contributed by atoms with Crippen molar-refractivity contribution in [1.29, 1.82) is 0 Å². The maximum Gasteiger partial charge on any atom is 0.397 e. The van der Waals surface area contributed by atoms with Crippen LogP contribution >= 0.6 is 0 Å². The molecule has 0 spiro atoms. The number of allylic oxidation sites excluding steroid dienone is 2. The van der Waals surface area contributed by atoms with Gasteiger partial charge in [-0.15, -0.1) is 0 Å². The van der Waals surface area contributed by atoms with E-state index in [0.717, 1.165) is 5.57 Å². The summed E-state index contributed by atoms with van der Waals surface area (Å²) in [4.78, 5) is 11.6. The number of carbonyl (C=O) groups is 1. The van der Waals surface area contributed by atoms with Crippen LogP contribution in [0.5, 0.6) is 0 Å². The Morgan fingerprint density at radius 1 is 1.00 bits per heavy atom. The van der Waals surface area contributed by atoms with Gasteiger partial charge >= 0.3 is 16.4 Å². The van der Waals surface area contributed by atoms with Crippen molar-refractivity contribution < 1.29 is 66.8 Å². The minimum Gasteiger partial charge on any atom is -0.479 e. The van der Waals surface area contributed by atoms with E-state index in [1.54, 1.807) is 6.92 Å². The third-order valence-electron chi connectivity index (χ3n) is 13.8. The predicted octanol–water partition coefficient (Wildman–Crippen LogP) is 1.42. The van der Waals surface area contributed by atoms with Crippen LogP contribution in [0.1, 0.15) is 80.1 Å². The van der Waals surface area contributed by atoms with Crippen LogP contribution < -0.4 is 0 Å². The van der Waals surface area contributed by atoms with E-state index in [9.17, 15) is 48.4 Å². The molecular formula is C34H54O14S. The number of fused-ring (bicyclic) bond motifs is 7. The van der Waals surface area contributed by atoms with Crippen LogP contribution in [0.3, 0.4) is 0 Å².